The molecule has 1 aliphatic rings. The van der Waals surface area contributed by atoms with E-state index in [0.29, 0.717) is 5.56 Å². The van der Waals surface area contributed by atoms with Gasteiger partial charge in [0, 0.05) is 23.6 Å². The Hall–Kier alpha value is -5.33. The minimum Gasteiger partial charge on any atom is -0.272 e. The third-order valence-corrected chi connectivity index (χ3v) is 6.32. The fourth-order valence-corrected chi connectivity index (χ4v) is 4.36. The van der Waals surface area contributed by atoms with E-state index in [1.807, 2.05) is 24.3 Å². The van der Waals surface area contributed by atoms with Crippen LogP contribution in [-0.4, -0.2) is 15.6 Å². The van der Waals surface area contributed by atoms with Crippen LogP contribution in [0.1, 0.15) is 24.8 Å². The molecule has 0 amide bonds. The summed E-state index contributed by atoms with van der Waals surface area (Å²) in [6.45, 7) is 1.49. The summed E-state index contributed by atoms with van der Waals surface area (Å²) < 4.78 is 0. The number of hydrazone groups is 1. The molecule has 0 aliphatic heterocycles. The predicted molar refractivity (Wildman–Crippen MR) is 121 cm³/mol. The van der Waals surface area contributed by atoms with Gasteiger partial charge in [-0.1, -0.05) is 37.3 Å². The molecule has 2 aromatic rings. The summed E-state index contributed by atoms with van der Waals surface area (Å²) in [6.07, 6.45) is 0.00515. The molecule has 1 fully saturated rings. The Morgan fingerprint density at radius 2 is 1.54 bits per heavy atom. The molecule has 0 spiro atoms. The van der Waals surface area contributed by atoms with Crippen molar-refractivity contribution in [3.8, 4) is 24.3 Å². The van der Waals surface area contributed by atoms with E-state index >= 15 is 0 Å². The number of nitro groups is 2. The number of benzene rings is 2. The molecular weight excluding hydrogens is 452 g/mol. The third kappa shape index (κ3) is 3.76. The van der Waals surface area contributed by atoms with Crippen molar-refractivity contribution in [1.82, 2.24) is 0 Å². The molecule has 0 radical (unpaired) electrons. The fourth-order valence-electron chi connectivity index (χ4n) is 4.36. The van der Waals surface area contributed by atoms with Gasteiger partial charge in [-0.15, -0.1) is 0 Å². The van der Waals surface area contributed by atoms with E-state index in [-0.39, 0.29) is 17.8 Å². The number of non-ortho nitro benzene ring substituents is 1. The minimum atomic E-state index is -2.10. The van der Waals surface area contributed by atoms with E-state index in [1.165, 1.54) is 6.92 Å². The van der Waals surface area contributed by atoms with Gasteiger partial charge in [0.1, 0.15) is 5.69 Å². The van der Waals surface area contributed by atoms with E-state index in [1.54, 1.807) is 30.3 Å². The first-order valence-electron chi connectivity index (χ1n) is 10.2. The van der Waals surface area contributed by atoms with Gasteiger partial charge in [-0.3, -0.25) is 25.7 Å². The summed E-state index contributed by atoms with van der Waals surface area (Å²) in [7, 11) is 0. The zero-order valence-corrected chi connectivity index (χ0v) is 18.2. The van der Waals surface area contributed by atoms with E-state index in [2.05, 4.69) is 10.5 Å². The van der Waals surface area contributed by atoms with E-state index in [0.717, 1.165) is 18.2 Å². The van der Waals surface area contributed by atoms with Gasteiger partial charge in [0.25, 0.3) is 5.69 Å². The van der Waals surface area contributed by atoms with E-state index in [9.17, 15) is 41.3 Å². The lowest BCUT2D eigenvalue weighted by Crippen LogP contribution is -2.54. The van der Waals surface area contributed by atoms with Crippen molar-refractivity contribution in [2.24, 2.45) is 21.8 Å². The lowest BCUT2D eigenvalue weighted by atomic mass is 9.48. The minimum absolute atomic E-state index is 0.00515. The van der Waals surface area contributed by atoms with Crippen molar-refractivity contribution < 1.29 is 9.85 Å². The quantitative estimate of drug-likeness (QED) is 0.493. The molecule has 0 saturated heterocycles. The Morgan fingerprint density at radius 3 is 2.06 bits per heavy atom. The maximum absolute atomic E-state index is 11.4. The SMILES string of the molecule is CC1/C(=N\Nc2ccc([N+](=O)[O-])cc2[N+](=O)[O-])CC(c2ccccc2)C(C#N)(C#N)C1(C#N)C#N. The molecule has 12 heteroatoms. The van der Waals surface area contributed by atoms with Gasteiger partial charge in [-0.05, 0) is 18.1 Å². The molecule has 1 saturated carbocycles. The highest BCUT2D eigenvalue weighted by atomic mass is 16.6. The molecule has 1 N–H and O–H groups in total. The number of nitrogens with one attached hydrogen (secondary N) is 1. The summed E-state index contributed by atoms with van der Waals surface area (Å²) in [5, 5.41) is 67.0. The number of anilines is 1. The molecule has 0 bridgehead atoms. The number of nitrogens with zero attached hydrogens (tertiary/aromatic N) is 7. The summed E-state index contributed by atoms with van der Waals surface area (Å²) in [4.78, 5) is 20.8. The first-order chi connectivity index (χ1) is 16.7. The molecule has 12 nitrogen and oxygen atoms in total. The normalized spacial score (nSPS) is 20.9. The Balaban J connectivity index is 2.16. The van der Waals surface area contributed by atoms with Gasteiger partial charge >= 0.3 is 5.69 Å². The largest absolute Gasteiger partial charge is 0.301 e. The molecule has 1 aliphatic carbocycles. The maximum Gasteiger partial charge on any atom is 0.301 e. The Morgan fingerprint density at radius 1 is 0.943 bits per heavy atom. The second-order valence-corrected chi connectivity index (χ2v) is 7.88. The molecule has 2 atom stereocenters. The topological polar surface area (TPSA) is 206 Å². The van der Waals surface area contributed by atoms with Gasteiger partial charge in [0.15, 0.2) is 10.8 Å². The van der Waals surface area contributed by atoms with Gasteiger partial charge in [0.05, 0.1) is 40.2 Å². The molecule has 0 heterocycles. The smallest absolute Gasteiger partial charge is 0.272 e. The number of hydrogen-bond donors (Lipinski definition) is 1. The maximum atomic E-state index is 11.4. The molecule has 35 heavy (non-hydrogen) atoms. The van der Waals surface area contributed by atoms with E-state index < -0.39 is 43.9 Å². The van der Waals surface area contributed by atoms with Crippen molar-refractivity contribution in [2.75, 3.05) is 5.43 Å². The number of nitro benzene ring substituents is 2. The van der Waals surface area contributed by atoms with Gasteiger partial charge in [-0.2, -0.15) is 26.1 Å². The number of hydrogen-bond acceptors (Lipinski definition) is 10. The fraction of sp³-hybridized carbons (Fsp3) is 0.261. The molecule has 2 unspecified atom stereocenters. The summed E-state index contributed by atoms with van der Waals surface area (Å²) >= 11 is 0. The molecule has 2 aromatic carbocycles. The van der Waals surface area contributed by atoms with Crippen LogP contribution in [0.3, 0.4) is 0 Å². The lowest BCUT2D eigenvalue weighted by molar-refractivity contribution is -0.393. The zero-order valence-electron chi connectivity index (χ0n) is 18.2. The van der Waals surface area contributed by atoms with Crippen LogP contribution in [0.5, 0.6) is 0 Å². The average Bonchev–Trinajstić information content (AvgIpc) is 2.88. The van der Waals surface area contributed by atoms with Crippen LogP contribution in [-0.2, 0) is 0 Å². The summed E-state index contributed by atoms with van der Waals surface area (Å²) in [6, 6.07) is 19.1. The summed E-state index contributed by atoms with van der Waals surface area (Å²) in [5.74, 6) is -1.90. The highest BCUT2D eigenvalue weighted by Crippen LogP contribution is 2.58. The first-order valence-corrected chi connectivity index (χ1v) is 10.2. The van der Waals surface area contributed by atoms with Crippen molar-refractivity contribution >= 4 is 22.8 Å². The second kappa shape index (κ2) is 9.27. The highest BCUT2D eigenvalue weighted by molar-refractivity contribution is 5.92. The van der Waals surface area contributed by atoms with Crippen molar-refractivity contribution in [3.05, 3.63) is 74.3 Å². The van der Waals surface area contributed by atoms with Crippen LogP contribution in [0.25, 0.3) is 0 Å². The Bertz CT molecular complexity index is 1360. The van der Waals surface area contributed by atoms with Crippen LogP contribution in [0.2, 0.25) is 0 Å². The standard InChI is InChI=1S/C23H16N8O4/c1-15-20(29-28-19-8-7-17(30(32)33)9-21(19)31(34)35)10-18(16-5-3-2-4-6-16)23(13-26,14-27)22(15,11-24)12-25/h2-9,15,18,28H,10H2,1H3/b29-20-. The lowest BCUT2D eigenvalue weighted by Gasteiger charge is -2.46. The molecule has 0 aromatic heterocycles. The van der Waals surface area contributed by atoms with E-state index in [4.69, 9.17) is 0 Å². The van der Waals surface area contributed by atoms with Crippen LogP contribution >= 0.6 is 0 Å². The van der Waals surface area contributed by atoms with Gasteiger partial charge < -0.3 is 0 Å². The Labute approximate surface area is 199 Å². The van der Waals surface area contributed by atoms with Crippen LogP contribution in [0.4, 0.5) is 17.1 Å². The van der Waals surface area contributed by atoms with Crippen LogP contribution in [0.15, 0.2) is 53.6 Å². The van der Waals surface area contributed by atoms with Crippen LogP contribution in [0, 0.1) is 82.3 Å². The monoisotopic (exact) mass is 468 g/mol. The molecule has 172 valence electrons. The Kier molecular flexibility index (Phi) is 6.44. The summed E-state index contributed by atoms with van der Waals surface area (Å²) in [5.41, 5.74) is -2.04. The second-order valence-electron chi connectivity index (χ2n) is 7.88. The first kappa shape index (κ1) is 24.3. The van der Waals surface area contributed by atoms with Crippen molar-refractivity contribution in [1.29, 1.82) is 21.0 Å². The molecular formula is C23H16N8O4. The predicted octanol–water partition coefficient (Wildman–Crippen LogP) is 4.16. The zero-order chi connectivity index (χ0) is 25.8. The number of rotatable bonds is 5. The molecule has 3 rings (SSSR count). The number of nitriles is 4. The highest BCUT2D eigenvalue weighted by Gasteiger charge is 2.66. The third-order valence-electron chi connectivity index (χ3n) is 6.32. The average molecular weight is 468 g/mol. The van der Waals surface area contributed by atoms with Crippen molar-refractivity contribution in [2.45, 2.75) is 19.3 Å². The van der Waals surface area contributed by atoms with Gasteiger partial charge in [-0.25, -0.2) is 0 Å². The van der Waals surface area contributed by atoms with Crippen molar-refractivity contribution in [3.63, 3.8) is 0 Å². The van der Waals surface area contributed by atoms with Gasteiger partial charge in [0.2, 0.25) is 0 Å². The van der Waals surface area contributed by atoms with Crippen LogP contribution < -0.4 is 5.43 Å².